The molecule has 0 heterocycles. The molecule has 0 amide bonds. The zero-order valence-electron chi connectivity index (χ0n) is 13.6. The summed E-state index contributed by atoms with van der Waals surface area (Å²) in [6.45, 7) is 7.05. The van der Waals surface area contributed by atoms with Crippen LogP contribution in [-0.2, 0) is 0 Å². The lowest BCUT2D eigenvalue weighted by Crippen LogP contribution is -2.27. The van der Waals surface area contributed by atoms with Gasteiger partial charge in [0.2, 0.25) is 0 Å². The summed E-state index contributed by atoms with van der Waals surface area (Å²) >= 11 is 0. The maximum absolute atomic E-state index is 11.0. The largest absolute Gasteiger partial charge is 0.490 e. The molecule has 0 aliphatic carbocycles. The second-order valence-electron chi connectivity index (χ2n) is 5.33. The number of hydrogen-bond donors (Lipinski definition) is 1. The van der Waals surface area contributed by atoms with Crippen molar-refractivity contribution in [2.24, 2.45) is 0 Å². The van der Waals surface area contributed by atoms with Crippen molar-refractivity contribution in [1.29, 1.82) is 0 Å². The third-order valence-electron chi connectivity index (χ3n) is 3.58. The first-order valence-corrected chi connectivity index (χ1v) is 7.76. The Kier molecular flexibility index (Phi) is 7.84. The van der Waals surface area contributed by atoms with E-state index in [4.69, 9.17) is 4.74 Å². The fourth-order valence-corrected chi connectivity index (χ4v) is 2.50. The smallest absolute Gasteiger partial charge is 0.311 e. The van der Waals surface area contributed by atoms with Crippen LogP contribution in [0.15, 0.2) is 18.2 Å². The average Bonchev–Trinajstić information content (AvgIpc) is 2.52. The number of nitro benzene ring substituents is 1. The molecule has 0 saturated heterocycles. The van der Waals surface area contributed by atoms with E-state index in [-0.39, 0.29) is 11.4 Å². The first-order valence-electron chi connectivity index (χ1n) is 7.76. The molecule has 6 heteroatoms. The standard InChI is InChI=1S/C16H26N2O4/c1-4-9-17(10-5-2)11-8-15(19)13-6-7-16(22-3)14(12-13)18(20)21/h6-7,12,15,19H,4-5,8-11H2,1-3H3. The lowest BCUT2D eigenvalue weighted by molar-refractivity contribution is -0.385. The minimum Gasteiger partial charge on any atom is -0.490 e. The van der Waals surface area contributed by atoms with Gasteiger partial charge >= 0.3 is 5.69 Å². The van der Waals surface area contributed by atoms with E-state index in [0.29, 0.717) is 12.0 Å². The minimum absolute atomic E-state index is 0.113. The highest BCUT2D eigenvalue weighted by Gasteiger charge is 2.18. The van der Waals surface area contributed by atoms with Crippen molar-refractivity contribution in [3.63, 3.8) is 0 Å². The maximum Gasteiger partial charge on any atom is 0.311 e. The Hall–Kier alpha value is -1.66. The maximum atomic E-state index is 11.0. The van der Waals surface area contributed by atoms with Gasteiger partial charge in [0.25, 0.3) is 0 Å². The third kappa shape index (κ3) is 5.27. The van der Waals surface area contributed by atoms with Gasteiger partial charge in [-0.25, -0.2) is 0 Å². The van der Waals surface area contributed by atoms with Crippen LogP contribution in [0.5, 0.6) is 5.75 Å². The normalized spacial score (nSPS) is 12.4. The molecular weight excluding hydrogens is 284 g/mol. The predicted molar refractivity (Wildman–Crippen MR) is 86.2 cm³/mol. The SMILES string of the molecule is CCCN(CCC)CCC(O)c1ccc(OC)c([N+](=O)[O-])c1. The molecule has 0 aliphatic rings. The average molecular weight is 310 g/mol. The molecule has 0 aliphatic heterocycles. The lowest BCUT2D eigenvalue weighted by atomic mass is 10.0. The van der Waals surface area contributed by atoms with Crippen LogP contribution in [0, 0.1) is 10.1 Å². The molecule has 22 heavy (non-hydrogen) atoms. The van der Waals surface area contributed by atoms with Crippen LogP contribution >= 0.6 is 0 Å². The van der Waals surface area contributed by atoms with Crippen LogP contribution in [0.4, 0.5) is 5.69 Å². The van der Waals surface area contributed by atoms with Gasteiger partial charge in [-0.3, -0.25) is 10.1 Å². The summed E-state index contributed by atoms with van der Waals surface area (Å²) in [7, 11) is 1.39. The van der Waals surface area contributed by atoms with Gasteiger partial charge in [0, 0.05) is 12.6 Å². The zero-order valence-corrected chi connectivity index (χ0v) is 13.6. The summed E-state index contributed by atoms with van der Waals surface area (Å²) in [6.07, 6.45) is 2.00. The monoisotopic (exact) mass is 310 g/mol. The second-order valence-corrected chi connectivity index (χ2v) is 5.33. The van der Waals surface area contributed by atoms with Gasteiger partial charge in [-0.2, -0.15) is 0 Å². The molecule has 0 saturated carbocycles. The fraction of sp³-hybridized carbons (Fsp3) is 0.625. The fourth-order valence-electron chi connectivity index (χ4n) is 2.50. The van der Waals surface area contributed by atoms with Crippen LogP contribution in [-0.4, -0.2) is 41.7 Å². The molecule has 0 fully saturated rings. The highest BCUT2D eigenvalue weighted by molar-refractivity contribution is 5.49. The van der Waals surface area contributed by atoms with Crippen molar-refractivity contribution in [2.45, 2.75) is 39.2 Å². The van der Waals surface area contributed by atoms with E-state index < -0.39 is 11.0 Å². The molecule has 1 atom stereocenters. The van der Waals surface area contributed by atoms with Gasteiger partial charge in [-0.05, 0) is 44.0 Å². The number of aliphatic hydroxyl groups is 1. The number of rotatable bonds is 10. The van der Waals surface area contributed by atoms with E-state index in [0.717, 1.165) is 32.5 Å². The summed E-state index contributed by atoms with van der Waals surface area (Å²) in [5, 5.41) is 21.3. The highest BCUT2D eigenvalue weighted by atomic mass is 16.6. The Morgan fingerprint density at radius 1 is 1.27 bits per heavy atom. The molecule has 0 bridgehead atoms. The van der Waals surface area contributed by atoms with Crippen LogP contribution in [0.3, 0.4) is 0 Å². The lowest BCUT2D eigenvalue weighted by Gasteiger charge is -2.22. The van der Waals surface area contributed by atoms with Crippen molar-refractivity contribution in [1.82, 2.24) is 4.90 Å². The van der Waals surface area contributed by atoms with E-state index in [1.165, 1.54) is 19.2 Å². The number of hydrogen-bond acceptors (Lipinski definition) is 5. The van der Waals surface area contributed by atoms with E-state index >= 15 is 0 Å². The molecule has 124 valence electrons. The van der Waals surface area contributed by atoms with Crippen molar-refractivity contribution in [3.8, 4) is 5.75 Å². The Balaban J connectivity index is 2.74. The summed E-state index contributed by atoms with van der Waals surface area (Å²) in [5.74, 6) is 0.208. The van der Waals surface area contributed by atoms with Crippen molar-refractivity contribution in [2.75, 3.05) is 26.7 Å². The van der Waals surface area contributed by atoms with E-state index in [1.807, 2.05) is 0 Å². The number of ether oxygens (including phenoxy) is 1. The van der Waals surface area contributed by atoms with Crippen LogP contribution in [0.25, 0.3) is 0 Å². The molecule has 1 rings (SSSR count). The molecule has 1 unspecified atom stereocenters. The topological polar surface area (TPSA) is 75.8 Å². The van der Waals surface area contributed by atoms with E-state index in [1.54, 1.807) is 6.07 Å². The van der Waals surface area contributed by atoms with Crippen molar-refractivity contribution >= 4 is 5.69 Å². The zero-order chi connectivity index (χ0) is 16.5. The molecule has 6 nitrogen and oxygen atoms in total. The highest BCUT2D eigenvalue weighted by Crippen LogP contribution is 2.30. The molecule has 0 aromatic heterocycles. The molecule has 1 aromatic carbocycles. The Labute approximate surface area is 131 Å². The van der Waals surface area contributed by atoms with Crippen LogP contribution < -0.4 is 4.74 Å². The van der Waals surface area contributed by atoms with Gasteiger partial charge in [0.15, 0.2) is 5.75 Å². The predicted octanol–water partition coefficient (Wildman–Crippen LogP) is 3.15. The number of benzene rings is 1. The van der Waals surface area contributed by atoms with Gasteiger partial charge in [0.1, 0.15) is 0 Å². The van der Waals surface area contributed by atoms with Crippen molar-refractivity contribution in [3.05, 3.63) is 33.9 Å². The van der Waals surface area contributed by atoms with Crippen LogP contribution in [0.2, 0.25) is 0 Å². The molecule has 1 N–H and O–H groups in total. The summed E-state index contributed by atoms with van der Waals surface area (Å²) in [6, 6.07) is 4.61. The van der Waals surface area contributed by atoms with Gasteiger partial charge in [-0.15, -0.1) is 0 Å². The van der Waals surface area contributed by atoms with Crippen LogP contribution in [0.1, 0.15) is 44.8 Å². The van der Waals surface area contributed by atoms with Crippen molar-refractivity contribution < 1.29 is 14.8 Å². The first-order chi connectivity index (χ1) is 10.5. The number of aliphatic hydroxyl groups excluding tert-OH is 1. The second kappa shape index (κ2) is 9.38. The number of nitrogens with zero attached hydrogens (tertiary/aromatic N) is 2. The van der Waals surface area contributed by atoms with Gasteiger partial charge in [0.05, 0.1) is 18.1 Å². The molecular formula is C16H26N2O4. The summed E-state index contributed by atoms with van der Waals surface area (Å²) < 4.78 is 4.97. The number of methoxy groups -OCH3 is 1. The Morgan fingerprint density at radius 2 is 1.91 bits per heavy atom. The summed E-state index contributed by atoms with van der Waals surface area (Å²) in [4.78, 5) is 12.8. The Bertz CT molecular complexity index is 473. The quantitative estimate of drug-likeness (QED) is 0.530. The summed E-state index contributed by atoms with van der Waals surface area (Å²) in [5.41, 5.74) is 0.443. The molecule has 0 radical (unpaired) electrons. The van der Waals surface area contributed by atoms with E-state index in [9.17, 15) is 15.2 Å². The van der Waals surface area contributed by atoms with Gasteiger partial charge in [-0.1, -0.05) is 19.9 Å². The van der Waals surface area contributed by atoms with E-state index in [2.05, 4.69) is 18.7 Å². The number of nitro groups is 1. The Morgan fingerprint density at radius 3 is 2.41 bits per heavy atom. The third-order valence-corrected chi connectivity index (χ3v) is 3.58. The first kappa shape index (κ1) is 18.4. The van der Waals surface area contributed by atoms with Gasteiger partial charge < -0.3 is 14.7 Å². The molecule has 1 aromatic rings. The minimum atomic E-state index is -0.708. The molecule has 0 spiro atoms.